The Labute approximate surface area is 124 Å². The monoisotopic (exact) mass is 281 g/mol. The molecule has 0 aliphatic heterocycles. The fourth-order valence-corrected chi connectivity index (χ4v) is 2.16. The molecule has 0 radical (unpaired) electrons. The van der Waals surface area contributed by atoms with Gasteiger partial charge in [-0.3, -0.25) is 9.78 Å². The van der Waals surface area contributed by atoms with Crippen molar-refractivity contribution in [1.29, 1.82) is 0 Å². The fourth-order valence-electron chi connectivity index (χ4n) is 2.16. The quantitative estimate of drug-likeness (QED) is 0.886. The maximum absolute atomic E-state index is 12.0. The second kappa shape index (κ2) is 5.95. The molecule has 1 saturated carbocycles. The largest absolute Gasteiger partial charge is 0.380 e. The van der Waals surface area contributed by atoms with E-state index in [4.69, 9.17) is 0 Å². The van der Waals surface area contributed by atoms with Crippen LogP contribution in [0.15, 0.2) is 42.7 Å². The molecule has 3 rings (SSSR count). The van der Waals surface area contributed by atoms with Crippen LogP contribution in [0, 0.1) is 6.92 Å². The lowest BCUT2D eigenvalue weighted by molar-refractivity contribution is 0.0951. The third-order valence-electron chi connectivity index (χ3n) is 3.66. The van der Waals surface area contributed by atoms with Gasteiger partial charge in [-0.1, -0.05) is 24.3 Å². The highest BCUT2D eigenvalue weighted by Gasteiger charge is 2.23. The smallest absolute Gasteiger partial charge is 0.253 e. The van der Waals surface area contributed by atoms with E-state index in [9.17, 15) is 4.79 Å². The van der Waals surface area contributed by atoms with Crippen molar-refractivity contribution in [2.45, 2.75) is 32.4 Å². The molecule has 0 atom stereocenters. The molecule has 1 aromatic heterocycles. The van der Waals surface area contributed by atoms with Crippen LogP contribution >= 0.6 is 0 Å². The molecule has 0 saturated heterocycles. The van der Waals surface area contributed by atoms with E-state index >= 15 is 0 Å². The van der Waals surface area contributed by atoms with Crippen molar-refractivity contribution in [3.05, 3.63) is 59.4 Å². The van der Waals surface area contributed by atoms with Crippen LogP contribution in [0.4, 0.5) is 5.69 Å². The summed E-state index contributed by atoms with van der Waals surface area (Å²) in [5.41, 5.74) is 3.96. The summed E-state index contributed by atoms with van der Waals surface area (Å²) in [5, 5.41) is 6.30. The Bertz CT molecular complexity index is 650. The Kier molecular flexibility index (Phi) is 3.86. The molecule has 4 heteroatoms. The summed E-state index contributed by atoms with van der Waals surface area (Å²) in [6.45, 7) is 2.82. The van der Waals surface area contributed by atoms with Crippen LogP contribution in [0.2, 0.25) is 0 Å². The van der Waals surface area contributed by atoms with E-state index in [-0.39, 0.29) is 5.91 Å². The summed E-state index contributed by atoms with van der Waals surface area (Å²) in [6, 6.07) is 10.5. The maximum atomic E-state index is 12.0. The van der Waals surface area contributed by atoms with Crippen LogP contribution in [0.25, 0.3) is 0 Å². The molecule has 1 aromatic carbocycles. The van der Waals surface area contributed by atoms with Gasteiger partial charge in [0.15, 0.2) is 0 Å². The van der Waals surface area contributed by atoms with Gasteiger partial charge in [0.25, 0.3) is 5.91 Å². The SMILES string of the molecule is Cc1ccccc1CNc1cncc(C(=O)NC2CC2)c1. The predicted molar refractivity (Wildman–Crippen MR) is 83.2 cm³/mol. The normalized spacial score (nSPS) is 13.8. The molecule has 1 fully saturated rings. The number of carbonyl (C=O) groups is 1. The zero-order valence-corrected chi connectivity index (χ0v) is 12.1. The van der Waals surface area contributed by atoms with Crippen LogP contribution in [-0.2, 0) is 6.54 Å². The fraction of sp³-hybridized carbons (Fsp3) is 0.294. The molecular formula is C17H19N3O. The number of anilines is 1. The summed E-state index contributed by atoms with van der Waals surface area (Å²) in [6.07, 6.45) is 5.53. The third kappa shape index (κ3) is 3.60. The Morgan fingerprint density at radius 1 is 1.29 bits per heavy atom. The third-order valence-corrected chi connectivity index (χ3v) is 3.66. The molecule has 0 bridgehead atoms. The van der Waals surface area contributed by atoms with Crippen LogP contribution in [-0.4, -0.2) is 16.9 Å². The molecule has 0 spiro atoms. The highest BCUT2D eigenvalue weighted by molar-refractivity contribution is 5.95. The zero-order valence-electron chi connectivity index (χ0n) is 12.1. The standard InChI is InChI=1S/C17H19N3O/c1-12-4-2-3-5-13(12)10-19-16-8-14(9-18-11-16)17(21)20-15-6-7-15/h2-5,8-9,11,15,19H,6-7,10H2,1H3,(H,20,21). The van der Waals surface area contributed by atoms with Crippen molar-refractivity contribution < 1.29 is 4.79 Å². The van der Waals surface area contributed by atoms with Gasteiger partial charge in [0, 0.05) is 25.0 Å². The van der Waals surface area contributed by atoms with Gasteiger partial charge in [-0.15, -0.1) is 0 Å². The minimum absolute atomic E-state index is 0.0375. The van der Waals surface area contributed by atoms with E-state index in [2.05, 4.69) is 34.7 Å². The number of nitrogens with one attached hydrogen (secondary N) is 2. The van der Waals surface area contributed by atoms with E-state index in [0.717, 1.165) is 25.1 Å². The number of amides is 1. The molecule has 1 amide bonds. The summed E-state index contributed by atoms with van der Waals surface area (Å²) >= 11 is 0. The first-order valence-corrected chi connectivity index (χ1v) is 7.26. The Morgan fingerprint density at radius 2 is 2.10 bits per heavy atom. The van der Waals surface area contributed by atoms with Gasteiger partial charge in [-0.2, -0.15) is 0 Å². The number of pyridine rings is 1. The van der Waals surface area contributed by atoms with Gasteiger partial charge < -0.3 is 10.6 Å². The molecule has 0 unspecified atom stereocenters. The molecule has 21 heavy (non-hydrogen) atoms. The van der Waals surface area contributed by atoms with Crippen LogP contribution < -0.4 is 10.6 Å². The summed E-state index contributed by atoms with van der Waals surface area (Å²) < 4.78 is 0. The maximum Gasteiger partial charge on any atom is 0.253 e. The van der Waals surface area contributed by atoms with E-state index < -0.39 is 0 Å². The van der Waals surface area contributed by atoms with Gasteiger partial charge in [-0.05, 0) is 37.0 Å². The van der Waals surface area contributed by atoms with Gasteiger partial charge in [-0.25, -0.2) is 0 Å². The second-order valence-electron chi connectivity index (χ2n) is 5.49. The zero-order chi connectivity index (χ0) is 14.7. The Morgan fingerprint density at radius 3 is 2.86 bits per heavy atom. The van der Waals surface area contributed by atoms with E-state index in [1.165, 1.54) is 11.1 Å². The van der Waals surface area contributed by atoms with E-state index in [0.29, 0.717) is 11.6 Å². The number of hydrogen-bond acceptors (Lipinski definition) is 3. The number of nitrogens with zero attached hydrogens (tertiary/aromatic N) is 1. The molecule has 108 valence electrons. The van der Waals surface area contributed by atoms with Crippen molar-refractivity contribution >= 4 is 11.6 Å². The van der Waals surface area contributed by atoms with Gasteiger partial charge in [0.1, 0.15) is 0 Å². The average Bonchev–Trinajstić information content (AvgIpc) is 3.31. The number of aromatic nitrogens is 1. The van der Waals surface area contributed by atoms with Gasteiger partial charge in [0.05, 0.1) is 11.3 Å². The molecule has 1 heterocycles. The topological polar surface area (TPSA) is 54.0 Å². The number of aryl methyl sites for hydroxylation is 1. The lowest BCUT2D eigenvalue weighted by Crippen LogP contribution is -2.25. The molecule has 2 aromatic rings. The first-order valence-electron chi connectivity index (χ1n) is 7.26. The number of hydrogen-bond donors (Lipinski definition) is 2. The number of benzene rings is 1. The highest BCUT2D eigenvalue weighted by Crippen LogP contribution is 2.20. The Balaban J connectivity index is 1.65. The molecule has 1 aliphatic carbocycles. The second-order valence-corrected chi connectivity index (χ2v) is 5.49. The minimum Gasteiger partial charge on any atom is -0.380 e. The van der Waals surface area contributed by atoms with E-state index in [1.54, 1.807) is 12.4 Å². The Hall–Kier alpha value is -2.36. The number of carbonyl (C=O) groups excluding carboxylic acids is 1. The van der Waals surface area contributed by atoms with E-state index in [1.807, 2.05) is 18.2 Å². The lowest BCUT2D eigenvalue weighted by atomic mass is 10.1. The van der Waals surface area contributed by atoms with Crippen molar-refractivity contribution in [2.24, 2.45) is 0 Å². The highest BCUT2D eigenvalue weighted by atomic mass is 16.1. The minimum atomic E-state index is -0.0375. The summed E-state index contributed by atoms with van der Waals surface area (Å²) in [5.74, 6) is -0.0375. The van der Waals surface area contributed by atoms with Crippen LogP contribution in [0.5, 0.6) is 0 Å². The lowest BCUT2D eigenvalue weighted by Gasteiger charge is -2.10. The van der Waals surface area contributed by atoms with Crippen molar-refractivity contribution in [3.63, 3.8) is 0 Å². The number of rotatable bonds is 5. The summed E-state index contributed by atoms with van der Waals surface area (Å²) in [4.78, 5) is 16.1. The van der Waals surface area contributed by atoms with Crippen molar-refractivity contribution in [1.82, 2.24) is 10.3 Å². The van der Waals surface area contributed by atoms with Crippen molar-refractivity contribution in [3.8, 4) is 0 Å². The first-order chi connectivity index (χ1) is 10.2. The first kappa shape index (κ1) is 13.6. The molecule has 1 aliphatic rings. The van der Waals surface area contributed by atoms with Gasteiger partial charge in [0.2, 0.25) is 0 Å². The molecular weight excluding hydrogens is 262 g/mol. The van der Waals surface area contributed by atoms with Crippen molar-refractivity contribution in [2.75, 3.05) is 5.32 Å². The predicted octanol–water partition coefficient (Wildman–Crippen LogP) is 2.89. The molecule has 4 nitrogen and oxygen atoms in total. The van der Waals surface area contributed by atoms with Crippen LogP contribution in [0.1, 0.15) is 34.3 Å². The average molecular weight is 281 g/mol. The summed E-state index contributed by atoms with van der Waals surface area (Å²) in [7, 11) is 0. The molecule has 2 N–H and O–H groups in total. The van der Waals surface area contributed by atoms with Gasteiger partial charge >= 0.3 is 0 Å². The van der Waals surface area contributed by atoms with Crippen LogP contribution in [0.3, 0.4) is 0 Å².